The maximum absolute atomic E-state index is 12.2. The lowest BCUT2D eigenvalue weighted by Gasteiger charge is -2.29. The van der Waals surface area contributed by atoms with Crippen LogP contribution < -0.4 is 10.6 Å². The van der Waals surface area contributed by atoms with E-state index < -0.39 is 0 Å². The van der Waals surface area contributed by atoms with Crippen molar-refractivity contribution in [3.8, 4) is 0 Å². The van der Waals surface area contributed by atoms with Crippen molar-refractivity contribution in [2.45, 2.75) is 43.8 Å². The lowest BCUT2D eigenvalue weighted by atomic mass is 9.99. The summed E-state index contributed by atoms with van der Waals surface area (Å²) in [5, 5.41) is 6.75. The van der Waals surface area contributed by atoms with Crippen molar-refractivity contribution < 1.29 is 4.79 Å². The molecule has 2 atom stereocenters. The summed E-state index contributed by atoms with van der Waals surface area (Å²) in [4.78, 5) is 12.2. The van der Waals surface area contributed by atoms with Gasteiger partial charge in [-0.05, 0) is 63.6 Å². The van der Waals surface area contributed by atoms with Gasteiger partial charge in [0.1, 0.15) is 0 Å². The molecule has 2 saturated heterocycles. The van der Waals surface area contributed by atoms with Crippen molar-refractivity contribution in [2.75, 3.05) is 0 Å². The van der Waals surface area contributed by atoms with Crippen LogP contribution in [0.25, 0.3) is 0 Å². The molecule has 1 aromatic heterocycles. The van der Waals surface area contributed by atoms with Gasteiger partial charge in [0.15, 0.2) is 0 Å². The zero-order chi connectivity index (χ0) is 12.7. The van der Waals surface area contributed by atoms with E-state index in [1.54, 1.807) is 0 Å². The molecule has 2 bridgehead atoms. The molecule has 2 unspecified atom stereocenters. The van der Waals surface area contributed by atoms with Crippen molar-refractivity contribution in [2.24, 2.45) is 0 Å². The predicted octanol–water partition coefficient (Wildman–Crippen LogP) is 3.71. The van der Waals surface area contributed by atoms with E-state index in [-0.39, 0.29) is 18.3 Å². The Balaban J connectivity index is 0.00000133. The number of fused-ring (bicyclic) bond motifs is 2. The van der Waals surface area contributed by atoms with E-state index in [9.17, 15) is 4.79 Å². The van der Waals surface area contributed by atoms with Crippen LogP contribution >= 0.6 is 55.6 Å². The maximum atomic E-state index is 12.2. The van der Waals surface area contributed by atoms with Crippen molar-refractivity contribution in [3.05, 3.63) is 19.2 Å². The number of thiophene rings is 1. The molecule has 3 rings (SSSR count). The quantitative estimate of drug-likeness (QED) is 0.751. The Hall–Kier alpha value is 0.380. The molecule has 3 heterocycles. The smallest absolute Gasteiger partial charge is 0.253 e. The van der Waals surface area contributed by atoms with Gasteiger partial charge in [0.25, 0.3) is 5.91 Å². The third kappa shape index (κ3) is 3.53. The first-order chi connectivity index (χ1) is 8.61. The molecule has 0 spiro atoms. The first-order valence-electron chi connectivity index (χ1n) is 6.13. The number of hydrogen-bond donors (Lipinski definition) is 2. The number of carbonyl (C=O) groups is 1. The summed E-state index contributed by atoms with van der Waals surface area (Å²) < 4.78 is 1.87. The number of rotatable bonds is 2. The van der Waals surface area contributed by atoms with E-state index in [4.69, 9.17) is 0 Å². The number of halogens is 3. The summed E-state index contributed by atoms with van der Waals surface area (Å²) in [7, 11) is 0. The highest BCUT2D eigenvalue weighted by Crippen LogP contribution is 2.32. The van der Waals surface area contributed by atoms with E-state index in [0.717, 1.165) is 26.0 Å². The summed E-state index contributed by atoms with van der Waals surface area (Å²) in [6, 6.07) is 3.40. The number of nitrogens with one attached hydrogen (secondary N) is 2. The zero-order valence-corrected chi connectivity index (χ0v) is 14.9. The number of hydrogen-bond acceptors (Lipinski definition) is 3. The average Bonchev–Trinajstić information content (AvgIpc) is 2.81. The Morgan fingerprint density at radius 3 is 2.47 bits per heavy atom. The Morgan fingerprint density at radius 1 is 1.32 bits per heavy atom. The van der Waals surface area contributed by atoms with Gasteiger partial charge < -0.3 is 10.6 Å². The first kappa shape index (κ1) is 15.8. The van der Waals surface area contributed by atoms with Gasteiger partial charge in [-0.1, -0.05) is 0 Å². The van der Waals surface area contributed by atoms with Crippen LogP contribution in [0.2, 0.25) is 0 Å². The molecule has 7 heteroatoms. The third-order valence-corrected chi connectivity index (χ3v) is 6.05. The molecule has 2 aliphatic heterocycles. The molecule has 2 fully saturated rings. The average molecular weight is 431 g/mol. The Kier molecular flexibility index (Phi) is 5.34. The maximum Gasteiger partial charge on any atom is 0.253 e. The Bertz CT molecular complexity index is 470. The van der Waals surface area contributed by atoms with Gasteiger partial charge in [-0.3, -0.25) is 4.79 Å². The van der Waals surface area contributed by atoms with Gasteiger partial charge in [-0.15, -0.1) is 23.7 Å². The van der Waals surface area contributed by atoms with Crippen molar-refractivity contribution >= 4 is 61.5 Å². The van der Waals surface area contributed by atoms with Crippen LogP contribution in [0.4, 0.5) is 0 Å². The van der Waals surface area contributed by atoms with E-state index in [1.165, 1.54) is 24.2 Å². The Morgan fingerprint density at radius 2 is 1.95 bits per heavy atom. The molecular formula is C12H15Br2ClN2OS. The normalized spacial score (nSPS) is 28.8. The second kappa shape index (κ2) is 6.43. The highest BCUT2D eigenvalue weighted by molar-refractivity contribution is 9.12. The van der Waals surface area contributed by atoms with Gasteiger partial charge in [0.05, 0.1) is 13.1 Å². The van der Waals surface area contributed by atoms with Gasteiger partial charge in [0, 0.05) is 18.1 Å². The molecule has 0 radical (unpaired) electrons. The first-order valence-corrected chi connectivity index (χ1v) is 8.54. The molecular weight excluding hydrogens is 415 g/mol. The topological polar surface area (TPSA) is 41.1 Å². The van der Waals surface area contributed by atoms with Gasteiger partial charge in [-0.2, -0.15) is 0 Å². The monoisotopic (exact) mass is 428 g/mol. The fraction of sp³-hybridized carbons (Fsp3) is 0.583. The van der Waals surface area contributed by atoms with Crippen LogP contribution in [0, 0.1) is 0 Å². The third-order valence-electron chi connectivity index (χ3n) is 3.71. The van der Waals surface area contributed by atoms with E-state index in [1.807, 2.05) is 6.07 Å². The fourth-order valence-corrected chi connectivity index (χ4v) is 5.73. The minimum atomic E-state index is 0. The molecule has 2 aliphatic rings. The highest BCUT2D eigenvalue weighted by Gasteiger charge is 2.34. The van der Waals surface area contributed by atoms with Crippen LogP contribution in [0.15, 0.2) is 13.6 Å². The van der Waals surface area contributed by atoms with Crippen molar-refractivity contribution in [3.63, 3.8) is 0 Å². The summed E-state index contributed by atoms with van der Waals surface area (Å²) in [5.41, 5.74) is 0.734. The number of piperidine rings is 1. The molecule has 0 aromatic carbocycles. The van der Waals surface area contributed by atoms with Gasteiger partial charge in [0.2, 0.25) is 0 Å². The van der Waals surface area contributed by atoms with E-state index in [2.05, 4.69) is 42.5 Å². The predicted molar refractivity (Wildman–Crippen MR) is 87.4 cm³/mol. The minimum Gasteiger partial charge on any atom is -0.349 e. The molecule has 1 amide bonds. The molecule has 3 nitrogen and oxygen atoms in total. The van der Waals surface area contributed by atoms with Crippen LogP contribution in [-0.2, 0) is 0 Å². The summed E-state index contributed by atoms with van der Waals surface area (Å²) in [6.45, 7) is 0. The van der Waals surface area contributed by atoms with Gasteiger partial charge >= 0.3 is 0 Å². The summed E-state index contributed by atoms with van der Waals surface area (Å²) in [5.74, 6) is 0.0372. The van der Waals surface area contributed by atoms with E-state index >= 15 is 0 Å². The van der Waals surface area contributed by atoms with Crippen LogP contribution in [0.5, 0.6) is 0 Å². The Labute approximate surface area is 139 Å². The fourth-order valence-electron chi connectivity index (χ4n) is 2.93. The second-order valence-electron chi connectivity index (χ2n) is 5.02. The van der Waals surface area contributed by atoms with Crippen molar-refractivity contribution in [1.29, 1.82) is 0 Å². The van der Waals surface area contributed by atoms with Crippen molar-refractivity contribution in [1.82, 2.24) is 10.6 Å². The summed E-state index contributed by atoms with van der Waals surface area (Å²) >= 11 is 8.37. The van der Waals surface area contributed by atoms with Crippen LogP contribution in [0.3, 0.4) is 0 Å². The molecule has 0 saturated carbocycles. The SMILES string of the molecule is Cl.O=C(NC1CC2CCC(C1)N2)c1cc(Br)sc1Br. The molecule has 2 N–H and O–H groups in total. The minimum absolute atomic E-state index is 0. The van der Waals surface area contributed by atoms with E-state index in [0.29, 0.717) is 18.1 Å². The zero-order valence-electron chi connectivity index (χ0n) is 10.1. The standard InChI is InChI=1S/C12H14Br2N2OS.ClH/c13-10-5-9(11(14)18-10)12(17)16-8-3-6-1-2-7(4-8)15-6;/h5-8,15H,1-4H2,(H,16,17);1H. The highest BCUT2D eigenvalue weighted by atomic mass is 79.9. The largest absolute Gasteiger partial charge is 0.349 e. The van der Waals surface area contributed by atoms with Crippen LogP contribution in [-0.4, -0.2) is 24.0 Å². The second-order valence-corrected chi connectivity index (χ2v) is 8.77. The molecule has 1 aromatic rings. The lowest BCUT2D eigenvalue weighted by Crippen LogP contribution is -2.48. The van der Waals surface area contributed by atoms with Gasteiger partial charge in [-0.25, -0.2) is 0 Å². The summed E-state index contributed by atoms with van der Waals surface area (Å²) in [6.07, 6.45) is 4.63. The molecule has 0 aliphatic carbocycles. The number of carbonyl (C=O) groups excluding carboxylic acids is 1. The molecule has 106 valence electrons. The van der Waals surface area contributed by atoms with Crippen LogP contribution in [0.1, 0.15) is 36.0 Å². The molecule has 19 heavy (non-hydrogen) atoms. The lowest BCUT2D eigenvalue weighted by molar-refractivity contribution is 0.0923. The number of amides is 1.